The molecule has 4 heteroatoms. The van der Waals surface area contributed by atoms with Crippen molar-refractivity contribution in [3.63, 3.8) is 0 Å². The highest BCUT2D eigenvalue weighted by molar-refractivity contribution is 7.13. The quantitative estimate of drug-likeness (QED) is 0.283. The summed E-state index contributed by atoms with van der Waals surface area (Å²) in [6.45, 7) is 2.63. The second kappa shape index (κ2) is 9.66. The molecular formula is C28H28N2OS. The molecule has 0 radical (unpaired) electrons. The molecule has 0 bridgehead atoms. The first-order chi connectivity index (χ1) is 15.8. The fourth-order valence-corrected chi connectivity index (χ4v) is 5.30. The molecule has 0 aliphatic heterocycles. The van der Waals surface area contributed by atoms with Gasteiger partial charge in [-0.3, -0.25) is 0 Å². The van der Waals surface area contributed by atoms with Crippen molar-refractivity contribution in [1.29, 1.82) is 0 Å². The van der Waals surface area contributed by atoms with Gasteiger partial charge in [0.15, 0.2) is 0 Å². The molecule has 4 aromatic rings. The second-order valence-electron chi connectivity index (χ2n) is 8.36. The van der Waals surface area contributed by atoms with E-state index in [1.54, 1.807) is 11.3 Å². The Morgan fingerprint density at radius 1 is 1.00 bits per heavy atom. The highest BCUT2D eigenvalue weighted by Crippen LogP contribution is 2.34. The van der Waals surface area contributed by atoms with E-state index in [0.29, 0.717) is 6.61 Å². The van der Waals surface area contributed by atoms with Crippen LogP contribution >= 0.6 is 11.3 Å². The summed E-state index contributed by atoms with van der Waals surface area (Å²) in [6, 6.07) is 21.4. The molecule has 3 nitrogen and oxygen atoms in total. The first-order valence-electron chi connectivity index (χ1n) is 11.6. The van der Waals surface area contributed by atoms with Crippen LogP contribution < -0.4 is 4.74 Å². The van der Waals surface area contributed by atoms with Crippen molar-refractivity contribution in [1.82, 2.24) is 4.98 Å². The minimum Gasteiger partial charge on any atom is -0.493 e. The van der Waals surface area contributed by atoms with E-state index >= 15 is 0 Å². The van der Waals surface area contributed by atoms with E-state index in [0.717, 1.165) is 39.0 Å². The van der Waals surface area contributed by atoms with Crippen LogP contribution in [0.4, 0.5) is 5.13 Å². The van der Waals surface area contributed by atoms with Gasteiger partial charge in [-0.1, -0.05) is 73.9 Å². The van der Waals surface area contributed by atoms with E-state index in [-0.39, 0.29) is 0 Å². The number of thiazole rings is 1. The lowest BCUT2D eigenvalue weighted by Crippen LogP contribution is -2.04. The summed E-state index contributed by atoms with van der Waals surface area (Å²) < 4.78 is 5.86. The van der Waals surface area contributed by atoms with Crippen LogP contribution in [0.15, 0.2) is 71.0 Å². The standard InChI is InChI=1S/C28H28N2OS/c1-2-31-27-17-16-22-10-6-7-11-24(22)25(27)18-29-28-30-26(19-32-28)23-14-12-21(13-15-23)20-8-4-3-5-9-20/h6-7,10-20H,2-5,8-9H2,1H3. The zero-order valence-electron chi connectivity index (χ0n) is 18.5. The minimum absolute atomic E-state index is 0.622. The zero-order valence-corrected chi connectivity index (χ0v) is 19.3. The maximum Gasteiger partial charge on any atom is 0.209 e. The average molecular weight is 441 g/mol. The smallest absolute Gasteiger partial charge is 0.209 e. The largest absolute Gasteiger partial charge is 0.493 e. The van der Waals surface area contributed by atoms with Crippen LogP contribution in [-0.2, 0) is 0 Å². The number of fused-ring (bicyclic) bond motifs is 1. The number of hydrogen-bond donors (Lipinski definition) is 0. The van der Waals surface area contributed by atoms with Crippen molar-refractivity contribution in [2.24, 2.45) is 4.99 Å². The monoisotopic (exact) mass is 440 g/mol. The van der Waals surface area contributed by atoms with Gasteiger partial charge >= 0.3 is 0 Å². The molecule has 1 fully saturated rings. The van der Waals surface area contributed by atoms with Gasteiger partial charge in [0.25, 0.3) is 0 Å². The average Bonchev–Trinajstić information content (AvgIpc) is 3.33. The Hall–Kier alpha value is -2.98. The topological polar surface area (TPSA) is 34.5 Å². The number of ether oxygens (including phenoxy) is 1. The number of rotatable bonds is 6. The summed E-state index contributed by atoms with van der Waals surface area (Å²) in [4.78, 5) is 9.48. The van der Waals surface area contributed by atoms with Gasteiger partial charge in [0.1, 0.15) is 5.75 Å². The van der Waals surface area contributed by atoms with E-state index in [9.17, 15) is 0 Å². The third-order valence-corrected chi connectivity index (χ3v) is 7.06. The molecule has 3 aromatic carbocycles. The minimum atomic E-state index is 0.622. The van der Waals surface area contributed by atoms with Crippen molar-refractivity contribution < 1.29 is 4.74 Å². The van der Waals surface area contributed by atoms with Crippen LogP contribution in [0.5, 0.6) is 5.75 Å². The summed E-state index contributed by atoms with van der Waals surface area (Å²) in [5.41, 5.74) is 4.61. The van der Waals surface area contributed by atoms with E-state index in [4.69, 9.17) is 14.7 Å². The van der Waals surface area contributed by atoms with Gasteiger partial charge in [0.2, 0.25) is 5.13 Å². The van der Waals surface area contributed by atoms with E-state index in [1.807, 2.05) is 25.3 Å². The summed E-state index contributed by atoms with van der Waals surface area (Å²) in [7, 11) is 0. The first-order valence-corrected chi connectivity index (χ1v) is 12.4. The summed E-state index contributed by atoms with van der Waals surface area (Å²) in [6.07, 6.45) is 8.66. The van der Waals surface area contributed by atoms with Crippen LogP contribution in [0.2, 0.25) is 0 Å². The third-order valence-electron chi connectivity index (χ3n) is 6.31. The first kappa shape index (κ1) is 20.9. The molecule has 32 heavy (non-hydrogen) atoms. The van der Waals surface area contributed by atoms with Crippen LogP contribution in [0.1, 0.15) is 56.1 Å². The zero-order chi connectivity index (χ0) is 21.8. The lowest BCUT2D eigenvalue weighted by molar-refractivity contribution is 0.340. The summed E-state index contributed by atoms with van der Waals surface area (Å²) in [5.74, 6) is 1.58. The summed E-state index contributed by atoms with van der Waals surface area (Å²) in [5, 5.41) is 5.16. The van der Waals surface area contributed by atoms with Crippen LogP contribution in [0, 0.1) is 0 Å². The molecule has 0 amide bonds. The Morgan fingerprint density at radius 2 is 1.81 bits per heavy atom. The molecule has 0 unspecified atom stereocenters. The van der Waals surface area contributed by atoms with Crippen molar-refractivity contribution >= 4 is 33.5 Å². The van der Waals surface area contributed by atoms with Gasteiger partial charge in [0.05, 0.1) is 12.3 Å². The fraction of sp³-hybridized carbons (Fsp3) is 0.286. The van der Waals surface area contributed by atoms with Gasteiger partial charge in [-0.05, 0) is 48.1 Å². The lowest BCUT2D eigenvalue weighted by Gasteiger charge is -2.22. The highest BCUT2D eigenvalue weighted by atomic mass is 32.1. The summed E-state index contributed by atoms with van der Waals surface area (Å²) >= 11 is 1.57. The highest BCUT2D eigenvalue weighted by Gasteiger charge is 2.15. The fourth-order valence-electron chi connectivity index (χ4n) is 4.63. The van der Waals surface area contributed by atoms with Gasteiger partial charge in [-0.25, -0.2) is 9.98 Å². The molecule has 1 saturated carbocycles. The molecule has 5 rings (SSSR count). The number of benzene rings is 3. The van der Waals surface area contributed by atoms with E-state index in [2.05, 4.69) is 53.9 Å². The van der Waals surface area contributed by atoms with E-state index in [1.165, 1.54) is 43.1 Å². The molecule has 0 atom stereocenters. The molecule has 1 aromatic heterocycles. The second-order valence-corrected chi connectivity index (χ2v) is 9.20. The predicted octanol–water partition coefficient (Wildman–Crippen LogP) is 8.16. The SMILES string of the molecule is CCOc1ccc2ccccc2c1C=Nc1nc(-c2ccc(C3CCCCC3)cc2)cs1. The van der Waals surface area contributed by atoms with Gasteiger partial charge in [0, 0.05) is 22.7 Å². The molecule has 0 N–H and O–H groups in total. The molecule has 1 aliphatic carbocycles. The Morgan fingerprint density at radius 3 is 2.62 bits per heavy atom. The normalized spacial score (nSPS) is 14.9. The number of aromatic nitrogens is 1. The number of aliphatic imine (C=N–C) groups is 1. The van der Waals surface area contributed by atoms with Crippen molar-refractivity contribution in [3.05, 3.63) is 77.2 Å². The Kier molecular flexibility index (Phi) is 6.31. The molecule has 162 valence electrons. The van der Waals surface area contributed by atoms with Gasteiger partial charge < -0.3 is 4.74 Å². The van der Waals surface area contributed by atoms with Crippen LogP contribution in [0.25, 0.3) is 22.0 Å². The van der Waals surface area contributed by atoms with E-state index < -0.39 is 0 Å². The molecular weight excluding hydrogens is 412 g/mol. The molecule has 1 aliphatic rings. The molecule has 1 heterocycles. The lowest BCUT2D eigenvalue weighted by atomic mass is 9.84. The predicted molar refractivity (Wildman–Crippen MR) is 136 cm³/mol. The number of hydrogen-bond acceptors (Lipinski definition) is 4. The third kappa shape index (κ3) is 4.46. The van der Waals surface area contributed by atoms with Crippen molar-refractivity contribution in [2.75, 3.05) is 6.61 Å². The Labute approximate surface area is 193 Å². The van der Waals surface area contributed by atoms with Crippen molar-refractivity contribution in [2.45, 2.75) is 44.9 Å². The van der Waals surface area contributed by atoms with Gasteiger partial charge in [-0.15, -0.1) is 11.3 Å². The maximum absolute atomic E-state index is 5.86. The van der Waals surface area contributed by atoms with Crippen LogP contribution in [0.3, 0.4) is 0 Å². The van der Waals surface area contributed by atoms with Gasteiger partial charge in [-0.2, -0.15) is 0 Å². The van der Waals surface area contributed by atoms with Crippen molar-refractivity contribution in [3.8, 4) is 17.0 Å². The van der Waals surface area contributed by atoms with Crippen LogP contribution in [-0.4, -0.2) is 17.8 Å². The molecule has 0 saturated heterocycles. The Balaban J connectivity index is 1.38. The Bertz CT molecular complexity index is 1220. The maximum atomic E-state index is 5.86. The number of nitrogens with zero attached hydrogens (tertiary/aromatic N) is 2. The molecule has 0 spiro atoms.